The highest BCUT2D eigenvalue weighted by Gasteiger charge is 2.51. The highest BCUT2D eigenvalue weighted by molar-refractivity contribution is 5.94. The van der Waals surface area contributed by atoms with Gasteiger partial charge in [0.2, 0.25) is 11.8 Å². The SMILES string of the molecule is CC(=O)N1c2ccccc2O[C@@H]2C[C@@H](NC(=O)CN3CCCCC3)[C@@H](O)[C@@H]21. The van der Waals surface area contributed by atoms with E-state index in [0.29, 0.717) is 24.4 Å². The van der Waals surface area contributed by atoms with E-state index in [4.69, 9.17) is 4.74 Å². The second-order valence-corrected chi connectivity index (χ2v) is 7.74. The fraction of sp³-hybridized carbons (Fsp3) is 0.600. The molecule has 2 amide bonds. The lowest BCUT2D eigenvalue weighted by Crippen LogP contribution is -2.55. The van der Waals surface area contributed by atoms with Crippen molar-refractivity contribution in [2.24, 2.45) is 0 Å². The number of fused-ring (bicyclic) bond motifs is 2. The molecule has 7 heteroatoms. The summed E-state index contributed by atoms with van der Waals surface area (Å²) in [5.41, 5.74) is 0.672. The minimum atomic E-state index is -0.863. The normalized spacial score (nSPS) is 30.2. The van der Waals surface area contributed by atoms with Gasteiger partial charge < -0.3 is 15.2 Å². The molecule has 0 spiro atoms. The molecule has 27 heavy (non-hydrogen) atoms. The molecule has 0 aromatic heterocycles. The minimum Gasteiger partial charge on any atom is -0.486 e. The van der Waals surface area contributed by atoms with Crippen molar-refractivity contribution in [3.05, 3.63) is 24.3 Å². The number of aliphatic hydroxyl groups excluding tert-OH is 1. The maximum absolute atomic E-state index is 12.5. The lowest BCUT2D eigenvalue weighted by molar-refractivity contribution is -0.123. The van der Waals surface area contributed by atoms with E-state index in [-0.39, 0.29) is 17.9 Å². The summed E-state index contributed by atoms with van der Waals surface area (Å²) in [6, 6.07) is 6.45. The van der Waals surface area contributed by atoms with Crippen molar-refractivity contribution in [3.63, 3.8) is 0 Å². The average molecular weight is 373 g/mol. The predicted molar refractivity (Wildman–Crippen MR) is 101 cm³/mol. The quantitative estimate of drug-likeness (QED) is 0.823. The molecule has 4 atom stereocenters. The van der Waals surface area contributed by atoms with Gasteiger partial charge in [-0.2, -0.15) is 0 Å². The highest BCUT2D eigenvalue weighted by Crippen LogP contribution is 2.41. The molecule has 146 valence electrons. The van der Waals surface area contributed by atoms with Crippen molar-refractivity contribution in [2.75, 3.05) is 24.5 Å². The van der Waals surface area contributed by atoms with Crippen molar-refractivity contribution >= 4 is 17.5 Å². The second-order valence-electron chi connectivity index (χ2n) is 7.74. The number of nitrogens with zero attached hydrogens (tertiary/aromatic N) is 2. The molecule has 1 aliphatic carbocycles. The van der Waals surface area contributed by atoms with E-state index >= 15 is 0 Å². The van der Waals surface area contributed by atoms with Gasteiger partial charge in [0.25, 0.3) is 0 Å². The van der Waals surface area contributed by atoms with Crippen molar-refractivity contribution in [1.82, 2.24) is 10.2 Å². The Morgan fingerprint density at radius 2 is 1.96 bits per heavy atom. The summed E-state index contributed by atoms with van der Waals surface area (Å²) >= 11 is 0. The number of carbonyl (C=O) groups is 2. The number of hydrogen-bond acceptors (Lipinski definition) is 5. The van der Waals surface area contributed by atoms with Crippen LogP contribution in [0.1, 0.15) is 32.6 Å². The zero-order valence-corrected chi connectivity index (χ0v) is 15.6. The van der Waals surface area contributed by atoms with Crippen molar-refractivity contribution < 1.29 is 19.4 Å². The Labute approximate surface area is 159 Å². The van der Waals surface area contributed by atoms with Crippen LogP contribution in [0.5, 0.6) is 5.75 Å². The average Bonchev–Trinajstić information content (AvgIpc) is 2.95. The molecule has 2 heterocycles. The number of likely N-dealkylation sites (tertiary alicyclic amines) is 1. The highest BCUT2D eigenvalue weighted by atomic mass is 16.5. The number of anilines is 1. The molecule has 2 fully saturated rings. The van der Waals surface area contributed by atoms with Gasteiger partial charge in [0, 0.05) is 13.3 Å². The van der Waals surface area contributed by atoms with Crippen LogP contribution in [-0.4, -0.2) is 65.7 Å². The summed E-state index contributed by atoms with van der Waals surface area (Å²) in [6.07, 6.45) is 2.76. The van der Waals surface area contributed by atoms with E-state index in [0.717, 1.165) is 25.9 Å². The van der Waals surface area contributed by atoms with Gasteiger partial charge in [-0.25, -0.2) is 0 Å². The van der Waals surface area contributed by atoms with Crippen LogP contribution in [-0.2, 0) is 9.59 Å². The van der Waals surface area contributed by atoms with Crippen molar-refractivity contribution in [3.8, 4) is 5.75 Å². The summed E-state index contributed by atoms with van der Waals surface area (Å²) in [4.78, 5) is 28.5. The zero-order chi connectivity index (χ0) is 19.0. The van der Waals surface area contributed by atoms with Gasteiger partial charge in [-0.15, -0.1) is 0 Å². The van der Waals surface area contributed by atoms with Crippen LogP contribution in [0.2, 0.25) is 0 Å². The molecule has 7 nitrogen and oxygen atoms in total. The Morgan fingerprint density at radius 1 is 1.22 bits per heavy atom. The lowest BCUT2D eigenvalue weighted by Gasteiger charge is -2.39. The molecule has 3 aliphatic rings. The smallest absolute Gasteiger partial charge is 0.234 e. The van der Waals surface area contributed by atoms with Crippen LogP contribution in [0.25, 0.3) is 0 Å². The van der Waals surface area contributed by atoms with Gasteiger partial charge in [0.1, 0.15) is 17.9 Å². The lowest BCUT2D eigenvalue weighted by atomic mass is 10.1. The van der Waals surface area contributed by atoms with Crippen molar-refractivity contribution in [2.45, 2.75) is 56.9 Å². The molecular weight excluding hydrogens is 346 g/mol. The van der Waals surface area contributed by atoms with Crippen LogP contribution >= 0.6 is 0 Å². The van der Waals surface area contributed by atoms with Gasteiger partial charge in [-0.3, -0.25) is 19.4 Å². The summed E-state index contributed by atoms with van der Waals surface area (Å²) in [5, 5.41) is 13.9. The fourth-order valence-corrected chi connectivity index (χ4v) is 4.60. The number of benzene rings is 1. The largest absolute Gasteiger partial charge is 0.486 e. The molecule has 0 radical (unpaired) electrons. The van der Waals surface area contributed by atoms with E-state index in [1.807, 2.05) is 24.3 Å². The Bertz CT molecular complexity index is 719. The Balaban J connectivity index is 1.46. The Morgan fingerprint density at radius 3 is 2.70 bits per heavy atom. The predicted octanol–water partition coefficient (Wildman–Crippen LogP) is 0.904. The maximum atomic E-state index is 12.5. The molecule has 1 saturated heterocycles. The van der Waals surface area contributed by atoms with Crippen LogP contribution in [0.15, 0.2) is 24.3 Å². The third-order valence-electron chi connectivity index (χ3n) is 5.83. The second kappa shape index (κ2) is 7.48. The van der Waals surface area contributed by atoms with Crippen LogP contribution in [0.3, 0.4) is 0 Å². The number of piperidine rings is 1. The number of aliphatic hydroxyl groups is 1. The van der Waals surface area contributed by atoms with Gasteiger partial charge in [-0.1, -0.05) is 18.6 Å². The number of nitrogens with one attached hydrogen (secondary N) is 1. The number of hydrogen-bond donors (Lipinski definition) is 2. The third-order valence-corrected chi connectivity index (χ3v) is 5.83. The van der Waals surface area contributed by atoms with E-state index in [2.05, 4.69) is 10.2 Å². The van der Waals surface area contributed by atoms with Gasteiger partial charge in [0.05, 0.1) is 24.4 Å². The summed E-state index contributed by atoms with van der Waals surface area (Å²) in [7, 11) is 0. The van der Waals surface area contributed by atoms with E-state index in [9.17, 15) is 14.7 Å². The molecule has 1 aromatic carbocycles. The first-order valence-electron chi connectivity index (χ1n) is 9.80. The molecule has 0 unspecified atom stereocenters. The van der Waals surface area contributed by atoms with Crippen LogP contribution in [0, 0.1) is 0 Å². The molecule has 2 N–H and O–H groups in total. The zero-order valence-electron chi connectivity index (χ0n) is 15.6. The topological polar surface area (TPSA) is 82.1 Å². The molecule has 2 aliphatic heterocycles. The third kappa shape index (κ3) is 3.53. The molecule has 4 rings (SSSR count). The number of rotatable bonds is 3. The number of amides is 2. The summed E-state index contributed by atoms with van der Waals surface area (Å²) < 4.78 is 6.05. The molecule has 0 bridgehead atoms. The standard InChI is InChI=1S/C20H27N3O4/c1-13(24)23-15-7-3-4-8-16(15)27-17-11-14(20(26)19(17)23)21-18(25)12-22-9-5-2-6-10-22/h3-4,7-8,14,17,19-20,26H,2,5-6,9-12H2,1H3,(H,21,25)/t14-,17-,19-,20-/m1/s1. The number of para-hydroxylation sites is 2. The van der Waals surface area contributed by atoms with Gasteiger partial charge in [0.15, 0.2) is 0 Å². The maximum Gasteiger partial charge on any atom is 0.234 e. The first kappa shape index (κ1) is 18.3. The monoisotopic (exact) mass is 373 g/mol. The van der Waals surface area contributed by atoms with Crippen LogP contribution in [0.4, 0.5) is 5.69 Å². The van der Waals surface area contributed by atoms with E-state index < -0.39 is 18.2 Å². The van der Waals surface area contributed by atoms with E-state index in [1.54, 1.807) is 4.90 Å². The number of carbonyl (C=O) groups excluding carboxylic acids is 2. The molecular formula is C20H27N3O4. The first-order valence-corrected chi connectivity index (χ1v) is 9.80. The molecule has 1 saturated carbocycles. The molecule has 1 aromatic rings. The first-order chi connectivity index (χ1) is 13.0. The van der Waals surface area contributed by atoms with E-state index in [1.165, 1.54) is 13.3 Å². The fourth-order valence-electron chi connectivity index (χ4n) is 4.60. The Hall–Kier alpha value is -2.12. The Kier molecular flexibility index (Phi) is 5.06. The summed E-state index contributed by atoms with van der Waals surface area (Å²) in [6.45, 7) is 3.75. The minimum absolute atomic E-state index is 0.0773. The van der Waals surface area contributed by atoms with Gasteiger partial charge >= 0.3 is 0 Å². The summed E-state index contributed by atoms with van der Waals surface area (Å²) in [5.74, 6) is 0.424. The number of ether oxygens (including phenoxy) is 1. The van der Waals surface area contributed by atoms with Crippen LogP contribution < -0.4 is 15.0 Å². The van der Waals surface area contributed by atoms with Crippen molar-refractivity contribution in [1.29, 1.82) is 0 Å². The van der Waals surface area contributed by atoms with Gasteiger partial charge in [-0.05, 0) is 38.1 Å².